The first kappa shape index (κ1) is 15.8. The van der Waals surface area contributed by atoms with E-state index in [4.69, 9.17) is 5.73 Å². The fraction of sp³-hybridized carbons (Fsp3) is 0.562. The normalized spacial score (nSPS) is 22.4. The van der Waals surface area contributed by atoms with Crippen LogP contribution in [0.5, 0.6) is 0 Å². The first-order valence-electron chi connectivity index (χ1n) is 7.62. The van der Waals surface area contributed by atoms with Crippen molar-refractivity contribution in [1.29, 1.82) is 0 Å². The van der Waals surface area contributed by atoms with E-state index >= 15 is 0 Å². The largest absolute Gasteiger partial charge is 0.399 e. The zero-order valence-electron chi connectivity index (χ0n) is 12.7. The number of halogens is 1. The van der Waals surface area contributed by atoms with Gasteiger partial charge in [-0.15, -0.1) is 0 Å². The third-order valence-corrected chi connectivity index (χ3v) is 4.29. The Morgan fingerprint density at radius 1 is 1.48 bits per heavy atom. The standard InChI is InChI=1S/C16H24FN3O/c1-3-13-6-4-11(2)20(13)9-8-16(21)19-15-10-12(18)5-7-14(15)17/h5,7,10-11,13H,3-4,6,8-9,18H2,1-2H3,(H,19,21). The average Bonchev–Trinajstić information content (AvgIpc) is 2.81. The molecule has 0 saturated carbocycles. The number of rotatable bonds is 5. The summed E-state index contributed by atoms with van der Waals surface area (Å²) in [5, 5.41) is 2.60. The second-order valence-corrected chi connectivity index (χ2v) is 5.76. The Kier molecular flexibility index (Phi) is 5.17. The van der Waals surface area contributed by atoms with Crippen LogP contribution in [0.25, 0.3) is 0 Å². The van der Waals surface area contributed by atoms with E-state index in [1.165, 1.54) is 31.0 Å². The van der Waals surface area contributed by atoms with Crippen molar-refractivity contribution >= 4 is 17.3 Å². The zero-order chi connectivity index (χ0) is 15.4. The predicted molar refractivity (Wildman–Crippen MR) is 83.5 cm³/mol. The van der Waals surface area contributed by atoms with Crippen molar-refractivity contribution < 1.29 is 9.18 Å². The summed E-state index contributed by atoms with van der Waals surface area (Å²) >= 11 is 0. The van der Waals surface area contributed by atoms with Gasteiger partial charge in [0.05, 0.1) is 5.69 Å². The number of nitrogen functional groups attached to an aromatic ring is 1. The summed E-state index contributed by atoms with van der Waals surface area (Å²) < 4.78 is 13.6. The quantitative estimate of drug-likeness (QED) is 0.821. The number of nitrogens with one attached hydrogen (secondary N) is 1. The molecule has 0 spiro atoms. The molecule has 1 fully saturated rings. The van der Waals surface area contributed by atoms with Crippen LogP contribution in [-0.4, -0.2) is 29.4 Å². The van der Waals surface area contributed by atoms with Crippen molar-refractivity contribution in [3.05, 3.63) is 24.0 Å². The van der Waals surface area contributed by atoms with Gasteiger partial charge in [0, 0.05) is 30.7 Å². The van der Waals surface area contributed by atoms with Gasteiger partial charge >= 0.3 is 0 Å². The minimum atomic E-state index is -0.460. The number of hydrogen-bond acceptors (Lipinski definition) is 3. The molecule has 1 aromatic rings. The van der Waals surface area contributed by atoms with Crippen molar-refractivity contribution in [2.45, 2.75) is 51.6 Å². The maximum absolute atomic E-state index is 13.6. The smallest absolute Gasteiger partial charge is 0.225 e. The Morgan fingerprint density at radius 3 is 2.95 bits per heavy atom. The van der Waals surface area contributed by atoms with Gasteiger partial charge in [-0.3, -0.25) is 9.69 Å². The molecule has 4 nitrogen and oxygen atoms in total. The number of carbonyl (C=O) groups is 1. The van der Waals surface area contributed by atoms with Crippen LogP contribution >= 0.6 is 0 Å². The van der Waals surface area contributed by atoms with Crippen molar-refractivity contribution in [1.82, 2.24) is 4.90 Å². The van der Waals surface area contributed by atoms with Gasteiger partial charge in [0.1, 0.15) is 5.82 Å². The molecular formula is C16H24FN3O. The van der Waals surface area contributed by atoms with E-state index in [0.29, 0.717) is 24.2 Å². The van der Waals surface area contributed by atoms with Crippen molar-refractivity contribution in [2.24, 2.45) is 0 Å². The van der Waals surface area contributed by atoms with E-state index in [1.54, 1.807) is 0 Å². The number of benzene rings is 1. The molecule has 116 valence electrons. The summed E-state index contributed by atoms with van der Waals surface area (Å²) in [6.07, 6.45) is 3.86. The van der Waals surface area contributed by atoms with Crippen LogP contribution in [0.4, 0.5) is 15.8 Å². The maximum atomic E-state index is 13.6. The first-order valence-corrected chi connectivity index (χ1v) is 7.62. The Balaban J connectivity index is 1.89. The highest BCUT2D eigenvalue weighted by Gasteiger charge is 2.29. The Morgan fingerprint density at radius 2 is 2.24 bits per heavy atom. The first-order chi connectivity index (χ1) is 10.0. The lowest BCUT2D eigenvalue weighted by Gasteiger charge is -2.27. The Hall–Kier alpha value is -1.62. The molecule has 1 amide bonds. The summed E-state index contributed by atoms with van der Waals surface area (Å²) in [6, 6.07) is 5.27. The lowest BCUT2D eigenvalue weighted by Crippen LogP contribution is -2.36. The molecule has 0 aliphatic carbocycles. The number of nitrogens with zero attached hydrogens (tertiary/aromatic N) is 1. The van der Waals surface area contributed by atoms with Crippen LogP contribution in [-0.2, 0) is 4.79 Å². The number of amides is 1. The summed E-state index contributed by atoms with van der Waals surface area (Å²) in [7, 11) is 0. The highest BCUT2D eigenvalue weighted by Crippen LogP contribution is 2.26. The van der Waals surface area contributed by atoms with E-state index in [-0.39, 0.29) is 11.6 Å². The molecule has 3 N–H and O–H groups in total. The molecule has 1 heterocycles. The van der Waals surface area contributed by atoms with Crippen LogP contribution < -0.4 is 11.1 Å². The molecule has 1 aliphatic rings. The van der Waals surface area contributed by atoms with Gasteiger partial charge in [0.25, 0.3) is 0 Å². The topological polar surface area (TPSA) is 58.4 Å². The lowest BCUT2D eigenvalue weighted by molar-refractivity contribution is -0.116. The van der Waals surface area contributed by atoms with E-state index < -0.39 is 5.82 Å². The highest BCUT2D eigenvalue weighted by atomic mass is 19.1. The van der Waals surface area contributed by atoms with Crippen LogP contribution in [0.3, 0.4) is 0 Å². The Labute approximate surface area is 125 Å². The summed E-state index contributed by atoms with van der Waals surface area (Å²) in [5.41, 5.74) is 6.20. The van der Waals surface area contributed by atoms with E-state index in [0.717, 1.165) is 13.0 Å². The SMILES string of the molecule is CCC1CCC(C)N1CCC(=O)Nc1cc(N)ccc1F. The molecule has 0 radical (unpaired) electrons. The predicted octanol–water partition coefficient (Wildman–Crippen LogP) is 3.00. The van der Waals surface area contributed by atoms with E-state index in [9.17, 15) is 9.18 Å². The van der Waals surface area contributed by atoms with Crippen LogP contribution in [0, 0.1) is 5.82 Å². The Bertz CT molecular complexity index is 506. The maximum Gasteiger partial charge on any atom is 0.225 e. The molecular weight excluding hydrogens is 269 g/mol. The van der Waals surface area contributed by atoms with Crippen LogP contribution in [0.15, 0.2) is 18.2 Å². The molecule has 2 rings (SSSR count). The molecule has 21 heavy (non-hydrogen) atoms. The number of anilines is 2. The van der Waals surface area contributed by atoms with Crippen molar-refractivity contribution in [3.8, 4) is 0 Å². The number of likely N-dealkylation sites (tertiary alicyclic amines) is 1. The van der Waals surface area contributed by atoms with Gasteiger partial charge < -0.3 is 11.1 Å². The molecule has 1 aliphatic heterocycles. The summed E-state index contributed by atoms with van der Waals surface area (Å²) in [5.74, 6) is -0.632. The second kappa shape index (κ2) is 6.89. The minimum Gasteiger partial charge on any atom is -0.399 e. The van der Waals surface area contributed by atoms with Gasteiger partial charge in [0.2, 0.25) is 5.91 Å². The number of carbonyl (C=O) groups excluding carboxylic acids is 1. The molecule has 1 saturated heterocycles. The van der Waals surface area contributed by atoms with Gasteiger partial charge in [0.15, 0.2) is 0 Å². The monoisotopic (exact) mass is 293 g/mol. The third-order valence-electron chi connectivity index (χ3n) is 4.29. The van der Waals surface area contributed by atoms with Gasteiger partial charge in [-0.1, -0.05) is 6.92 Å². The number of hydrogen-bond donors (Lipinski definition) is 2. The molecule has 2 unspecified atom stereocenters. The highest BCUT2D eigenvalue weighted by molar-refractivity contribution is 5.91. The minimum absolute atomic E-state index is 0.154. The van der Waals surface area contributed by atoms with Gasteiger partial charge in [-0.05, 0) is 44.4 Å². The fourth-order valence-corrected chi connectivity index (χ4v) is 3.05. The van der Waals surface area contributed by atoms with Crippen LogP contribution in [0.1, 0.15) is 39.5 Å². The zero-order valence-corrected chi connectivity index (χ0v) is 12.7. The fourth-order valence-electron chi connectivity index (χ4n) is 3.05. The number of nitrogens with two attached hydrogens (primary N) is 1. The van der Waals surface area contributed by atoms with Crippen molar-refractivity contribution in [3.63, 3.8) is 0 Å². The molecule has 2 atom stereocenters. The lowest BCUT2D eigenvalue weighted by atomic mass is 10.1. The second-order valence-electron chi connectivity index (χ2n) is 5.76. The van der Waals surface area contributed by atoms with E-state index in [1.807, 2.05) is 0 Å². The average molecular weight is 293 g/mol. The molecule has 0 bridgehead atoms. The van der Waals surface area contributed by atoms with E-state index in [2.05, 4.69) is 24.1 Å². The summed E-state index contributed by atoms with van der Waals surface area (Å²) in [4.78, 5) is 14.4. The van der Waals surface area contributed by atoms with Gasteiger partial charge in [-0.2, -0.15) is 0 Å². The molecule has 0 aromatic heterocycles. The van der Waals surface area contributed by atoms with Crippen LogP contribution in [0.2, 0.25) is 0 Å². The summed E-state index contributed by atoms with van der Waals surface area (Å²) in [6.45, 7) is 5.10. The molecule has 1 aromatic carbocycles. The van der Waals surface area contributed by atoms with Gasteiger partial charge in [-0.25, -0.2) is 4.39 Å². The van der Waals surface area contributed by atoms with Crippen molar-refractivity contribution in [2.75, 3.05) is 17.6 Å². The third kappa shape index (κ3) is 3.94. The molecule has 5 heteroatoms.